The van der Waals surface area contributed by atoms with Crippen LogP contribution in [0.3, 0.4) is 0 Å². The van der Waals surface area contributed by atoms with E-state index in [1.54, 1.807) is 0 Å². The van der Waals surface area contributed by atoms with E-state index >= 15 is 0 Å². The number of hydrogen-bond acceptors (Lipinski definition) is 1. The van der Waals surface area contributed by atoms with E-state index in [2.05, 4.69) is 49.5 Å². The van der Waals surface area contributed by atoms with Crippen molar-refractivity contribution in [2.75, 3.05) is 5.32 Å². The first-order chi connectivity index (χ1) is 13.4. The van der Waals surface area contributed by atoms with Gasteiger partial charge in [0.25, 0.3) is 5.91 Å². The topological polar surface area (TPSA) is 29.1 Å². The zero-order valence-electron chi connectivity index (χ0n) is 17.3. The van der Waals surface area contributed by atoms with Crippen molar-refractivity contribution in [1.29, 1.82) is 0 Å². The number of rotatable bonds is 3. The third kappa shape index (κ3) is 2.98. The number of nitrogens with one attached hydrogen (secondary N) is 1. The highest BCUT2D eigenvalue weighted by molar-refractivity contribution is 6.05. The molecule has 0 aliphatic heterocycles. The van der Waals surface area contributed by atoms with Crippen molar-refractivity contribution in [2.45, 2.75) is 64.7 Å². The number of benzene rings is 2. The molecule has 2 heteroatoms. The van der Waals surface area contributed by atoms with Crippen LogP contribution in [0.4, 0.5) is 5.69 Å². The molecule has 4 fully saturated rings. The van der Waals surface area contributed by atoms with Crippen molar-refractivity contribution in [1.82, 2.24) is 0 Å². The minimum Gasteiger partial charge on any atom is -0.322 e. The largest absolute Gasteiger partial charge is 0.322 e. The maximum Gasteiger partial charge on any atom is 0.255 e. The summed E-state index contributed by atoms with van der Waals surface area (Å²) in [7, 11) is 0. The quantitative estimate of drug-likeness (QED) is 0.669. The minimum atomic E-state index is -0.0110. The van der Waals surface area contributed by atoms with E-state index in [1.807, 2.05) is 13.0 Å². The second-order valence-electron chi connectivity index (χ2n) is 9.98. The first-order valence-electron chi connectivity index (χ1n) is 10.9. The van der Waals surface area contributed by atoms with Crippen LogP contribution in [-0.4, -0.2) is 5.91 Å². The summed E-state index contributed by atoms with van der Waals surface area (Å²) in [5, 5.41) is 3.11. The predicted octanol–water partition coefficient (Wildman–Crippen LogP) is 6.33. The lowest BCUT2D eigenvalue weighted by Gasteiger charge is -2.57. The van der Waals surface area contributed by atoms with Gasteiger partial charge in [-0.2, -0.15) is 0 Å². The molecule has 4 bridgehead atoms. The van der Waals surface area contributed by atoms with Crippen LogP contribution >= 0.6 is 0 Å². The lowest BCUT2D eigenvalue weighted by atomic mass is 9.48. The summed E-state index contributed by atoms with van der Waals surface area (Å²) in [6.45, 7) is 6.16. The van der Waals surface area contributed by atoms with Gasteiger partial charge in [-0.05, 0) is 123 Å². The van der Waals surface area contributed by atoms with Crippen molar-refractivity contribution in [3.05, 3.63) is 64.2 Å². The Hall–Kier alpha value is -2.09. The van der Waals surface area contributed by atoms with Crippen LogP contribution in [0.5, 0.6) is 0 Å². The number of carbonyl (C=O) groups is 1. The number of amides is 1. The van der Waals surface area contributed by atoms with Gasteiger partial charge in [0.2, 0.25) is 0 Å². The predicted molar refractivity (Wildman–Crippen MR) is 115 cm³/mol. The van der Waals surface area contributed by atoms with E-state index in [1.165, 1.54) is 49.7 Å². The normalized spacial score (nSPS) is 30.5. The third-order valence-electron chi connectivity index (χ3n) is 7.88. The molecule has 0 saturated heterocycles. The number of aryl methyl sites for hydroxylation is 3. The SMILES string of the molecule is Cc1cc(C)c(C(=O)Nc2ccc(C34CC5CC(CC(C5)C3)C4)cc2)cc1C. The fraction of sp³-hybridized carbons (Fsp3) is 0.500. The van der Waals surface area contributed by atoms with Gasteiger partial charge >= 0.3 is 0 Å². The Morgan fingerprint density at radius 3 is 1.93 bits per heavy atom. The van der Waals surface area contributed by atoms with E-state index in [0.717, 1.165) is 40.1 Å². The zero-order chi connectivity index (χ0) is 19.5. The molecule has 0 heterocycles. The Bertz CT molecular complexity index is 889. The van der Waals surface area contributed by atoms with Gasteiger partial charge in [0.05, 0.1) is 0 Å². The molecular weight excluding hydrogens is 342 g/mol. The summed E-state index contributed by atoms with van der Waals surface area (Å²) in [5.41, 5.74) is 7.02. The van der Waals surface area contributed by atoms with E-state index in [9.17, 15) is 4.79 Å². The van der Waals surface area contributed by atoms with Crippen LogP contribution in [0, 0.1) is 38.5 Å². The molecule has 6 rings (SSSR count). The van der Waals surface area contributed by atoms with Crippen LogP contribution in [0.15, 0.2) is 36.4 Å². The van der Waals surface area contributed by atoms with E-state index in [4.69, 9.17) is 0 Å². The summed E-state index contributed by atoms with van der Waals surface area (Å²) >= 11 is 0. The molecule has 4 aliphatic carbocycles. The lowest BCUT2D eigenvalue weighted by Crippen LogP contribution is -2.48. The summed E-state index contributed by atoms with van der Waals surface area (Å²) in [4.78, 5) is 12.8. The van der Waals surface area contributed by atoms with Crippen LogP contribution in [0.2, 0.25) is 0 Å². The molecule has 0 unspecified atom stereocenters. The highest BCUT2D eigenvalue weighted by atomic mass is 16.1. The second kappa shape index (κ2) is 6.47. The van der Waals surface area contributed by atoms with Crippen LogP contribution in [0.1, 0.15) is 71.1 Å². The minimum absolute atomic E-state index is 0.0110. The maximum atomic E-state index is 12.8. The average molecular weight is 374 g/mol. The van der Waals surface area contributed by atoms with Gasteiger partial charge in [-0.1, -0.05) is 18.2 Å². The number of anilines is 1. The lowest BCUT2D eigenvalue weighted by molar-refractivity contribution is -0.00518. The van der Waals surface area contributed by atoms with E-state index in [0.29, 0.717) is 5.41 Å². The third-order valence-corrected chi connectivity index (χ3v) is 7.88. The van der Waals surface area contributed by atoms with Crippen LogP contribution < -0.4 is 5.32 Å². The molecule has 2 aromatic rings. The smallest absolute Gasteiger partial charge is 0.255 e. The Morgan fingerprint density at radius 2 is 1.36 bits per heavy atom. The molecular formula is C26H31NO. The van der Waals surface area contributed by atoms with Crippen molar-refractivity contribution in [3.63, 3.8) is 0 Å². The summed E-state index contributed by atoms with van der Waals surface area (Å²) in [6, 6.07) is 12.9. The van der Waals surface area contributed by atoms with Crippen molar-refractivity contribution >= 4 is 11.6 Å². The zero-order valence-corrected chi connectivity index (χ0v) is 17.3. The molecule has 2 nitrogen and oxygen atoms in total. The van der Waals surface area contributed by atoms with Gasteiger partial charge in [0, 0.05) is 11.3 Å². The molecule has 0 atom stereocenters. The Balaban J connectivity index is 1.35. The second-order valence-corrected chi connectivity index (χ2v) is 9.98. The Morgan fingerprint density at radius 1 is 0.821 bits per heavy atom. The van der Waals surface area contributed by atoms with Crippen molar-refractivity contribution in [3.8, 4) is 0 Å². The number of carbonyl (C=O) groups excluding carboxylic acids is 1. The molecule has 1 amide bonds. The Kier molecular flexibility index (Phi) is 4.15. The fourth-order valence-corrected chi connectivity index (χ4v) is 6.77. The number of hydrogen-bond donors (Lipinski definition) is 1. The molecule has 0 aromatic heterocycles. The molecule has 1 N–H and O–H groups in total. The van der Waals surface area contributed by atoms with Crippen molar-refractivity contribution in [2.24, 2.45) is 17.8 Å². The molecule has 28 heavy (non-hydrogen) atoms. The van der Waals surface area contributed by atoms with Gasteiger partial charge in [-0.25, -0.2) is 0 Å². The monoisotopic (exact) mass is 373 g/mol. The van der Waals surface area contributed by atoms with Gasteiger partial charge in [-0.15, -0.1) is 0 Å². The standard InChI is InChI=1S/C26H31NO/c1-16-8-18(3)24(9-17(16)2)25(28)27-23-6-4-22(5-7-23)26-13-19-10-20(14-26)12-21(11-19)15-26/h4-9,19-21H,10-15H2,1-3H3,(H,27,28). The molecule has 146 valence electrons. The highest BCUT2D eigenvalue weighted by Gasteiger charge is 2.51. The summed E-state index contributed by atoms with van der Waals surface area (Å²) in [5.74, 6) is 2.86. The molecule has 4 aliphatic rings. The molecule has 4 saturated carbocycles. The van der Waals surface area contributed by atoms with Gasteiger partial charge < -0.3 is 5.32 Å². The molecule has 2 aromatic carbocycles. The average Bonchev–Trinajstić information content (AvgIpc) is 2.64. The molecule has 0 spiro atoms. The van der Waals surface area contributed by atoms with Crippen LogP contribution in [0.25, 0.3) is 0 Å². The first kappa shape index (κ1) is 18.0. The van der Waals surface area contributed by atoms with Crippen molar-refractivity contribution < 1.29 is 4.79 Å². The van der Waals surface area contributed by atoms with Crippen LogP contribution in [-0.2, 0) is 5.41 Å². The fourth-order valence-electron chi connectivity index (χ4n) is 6.77. The summed E-state index contributed by atoms with van der Waals surface area (Å²) < 4.78 is 0. The van der Waals surface area contributed by atoms with E-state index in [-0.39, 0.29) is 5.91 Å². The van der Waals surface area contributed by atoms with Gasteiger partial charge in [-0.3, -0.25) is 4.79 Å². The molecule has 0 radical (unpaired) electrons. The maximum absolute atomic E-state index is 12.8. The summed E-state index contributed by atoms with van der Waals surface area (Å²) in [6.07, 6.45) is 8.57. The van der Waals surface area contributed by atoms with Gasteiger partial charge in [0.1, 0.15) is 0 Å². The highest BCUT2D eigenvalue weighted by Crippen LogP contribution is 2.60. The van der Waals surface area contributed by atoms with Gasteiger partial charge in [0.15, 0.2) is 0 Å². The van der Waals surface area contributed by atoms with E-state index < -0.39 is 0 Å². The Labute approximate surface area is 168 Å². The first-order valence-corrected chi connectivity index (χ1v) is 10.9.